The van der Waals surface area contributed by atoms with Crippen molar-refractivity contribution in [2.75, 3.05) is 31.6 Å². The molecular weight excluding hydrogens is 409 g/mol. The molecule has 8 heteroatoms. The van der Waals surface area contributed by atoms with Crippen LogP contribution in [0.25, 0.3) is 0 Å². The van der Waals surface area contributed by atoms with Crippen LogP contribution in [0.2, 0.25) is 0 Å². The van der Waals surface area contributed by atoms with Gasteiger partial charge >= 0.3 is 0 Å². The highest BCUT2D eigenvalue weighted by atomic mass is 19.1. The van der Waals surface area contributed by atoms with E-state index in [1.165, 1.54) is 6.07 Å². The maximum absolute atomic E-state index is 13.4. The molecule has 0 saturated carbocycles. The Kier molecular flexibility index (Phi) is 7.22. The monoisotopic (exact) mass is 437 g/mol. The molecule has 1 aliphatic heterocycles. The number of fused-ring (bicyclic) bond motifs is 1. The molecule has 1 aromatic heterocycles. The molecule has 0 bridgehead atoms. The van der Waals surface area contributed by atoms with Crippen LogP contribution < -0.4 is 20.1 Å². The van der Waals surface area contributed by atoms with E-state index < -0.39 is 0 Å². The summed E-state index contributed by atoms with van der Waals surface area (Å²) in [4.78, 5) is 4.69. The molecule has 7 nitrogen and oxygen atoms in total. The first-order valence-corrected chi connectivity index (χ1v) is 10.8. The van der Waals surface area contributed by atoms with Gasteiger partial charge in [0.2, 0.25) is 0 Å². The lowest BCUT2D eigenvalue weighted by molar-refractivity contribution is 0.297. The number of halogens is 1. The highest BCUT2D eigenvalue weighted by molar-refractivity contribution is 5.94. The zero-order valence-electron chi connectivity index (χ0n) is 18.2. The second kappa shape index (κ2) is 10.7. The van der Waals surface area contributed by atoms with Crippen molar-refractivity contribution in [3.63, 3.8) is 0 Å². The molecule has 0 radical (unpaired) electrons. The lowest BCUT2D eigenvalue weighted by Crippen LogP contribution is -2.32. The van der Waals surface area contributed by atoms with Gasteiger partial charge in [-0.05, 0) is 48.2 Å². The van der Waals surface area contributed by atoms with Crippen molar-refractivity contribution < 1.29 is 13.9 Å². The predicted octanol–water partition coefficient (Wildman–Crippen LogP) is 3.56. The van der Waals surface area contributed by atoms with Gasteiger partial charge in [-0.15, -0.1) is 0 Å². The minimum absolute atomic E-state index is 0.230. The Hall–Kier alpha value is -3.55. The van der Waals surface area contributed by atoms with E-state index in [2.05, 4.69) is 15.7 Å². The molecule has 0 fully saturated rings. The Morgan fingerprint density at radius 3 is 2.78 bits per heavy atom. The van der Waals surface area contributed by atoms with Crippen molar-refractivity contribution in [3.05, 3.63) is 71.8 Å². The van der Waals surface area contributed by atoms with Crippen LogP contribution in [-0.2, 0) is 19.9 Å². The predicted molar refractivity (Wildman–Crippen MR) is 123 cm³/mol. The molecule has 2 N–H and O–H groups in total. The summed E-state index contributed by atoms with van der Waals surface area (Å²) < 4.78 is 26.7. The van der Waals surface area contributed by atoms with E-state index in [4.69, 9.17) is 14.5 Å². The highest BCUT2D eigenvalue weighted by Gasteiger charge is 2.11. The van der Waals surface area contributed by atoms with Crippen LogP contribution in [0.4, 0.5) is 10.1 Å². The average molecular weight is 438 g/mol. The SMILES string of the molecule is Cn1cc(CCNC(=NCCc2cccc(F)c2)Nc2ccc3c(c2)OCCCO3)cn1. The molecule has 1 aliphatic rings. The summed E-state index contributed by atoms with van der Waals surface area (Å²) in [5.74, 6) is 1.90. The van der Waals surface area contributed by atoms with Gasteiger partial charge in [-0.2, -0.15) is 5.10 Å². The number of nitrogens with one attached hydrogen (secondary N) is 2. The minimum Gasteiger partial charge on any atom is -0.490 e. The quantitative estimate of drug-likeness (QED) is 0.437. The molecule has 0 unspecified atom stereocenters. The van der Waals surface area contributed by atoms with Gasteiger partial charge in [0.05, 0.1) is 19.4 Å². The van der Waals surface area contributed by atoms with Crippen molar-refractivity contribution in [2.45, 2.75) is 19.3 Å². The maximum Gasteiger partial charge on any atom is 0.195 e. The molecule has 4 rings (SSSR count). The summed E-state index contributed by atoms with van der Waals surface area (Å²) in [5, 5.41) is 10.9. The first-order valence-electron chi connectivity index (χ1n) is 10.8. The first kappa shape index (κ1) is 21.7. The normalized spacial score (nSPS) is 13.5. The molecule has 32 heavy (non-hydrogen) atoms. The minimum atomic E-state index is -0.230. The molecule has 0 aliphatic carbocycles. The summed E-state index contributed by atoms with van der Waals surface area (Å²) in [6, 6.07) is 12.4. The zero-order valence-corrected chi connectivity index (χ0v) is 18.2. The lowest BCUT2D eigenvalue weighted by Gasteiger charge is -2.14. The fourth-order valence-corrected chi connectivity index (χ4v) is 3.43. The number of aliphatic imine (C=N–C) groups is 1. The van der Waals surface area contributed by atoms with Gasteiger partial charge in [0.15, 0.2) is 17.5 Å². The Bertz CT molecular complexity index is 1070. The summed E-state index contributed by atoms with van der Waals surface area (Å²) in [6.45, 7) is 2.51. The van der Waals surface area contributed by atoms with E-state index in [-0.39, 0.29) is 5.82 Å². The van der Waals surface area contributed by atoms with Crippen LogP contribution in [0.3, 0.4) is 0 Å². The number of aryl methyl sites for hydroxylation is 1. The smallest absolute Gasteiger partial charge is 0.195 e. The third kappa shape index (κ3) is 6.23. The number of anilines is 1. The Morgan fingerprint density at radius 1 is 1.09 bits per heavy atom. The molecule has 0 amide bonds. The van der Waals surface area contributed by atoms with Gasteiger partial charge in [-0.25, -0.2) is 4.39 Å². The molecule has 2 heterocycles. The van der Waals surface area contributed by atoms with Crippen molar-refractivity contribution in [1.29, 1.82) is 0 Å². The fourth-order valence-electron chi connectivity index (χ4n) is 3.43. The largest absolute Gasteiger partial charge is 0.490 e. The second-order valence-corrected chi connectivity index (χ2v) is 7.65. The van der Waals surface area contributed by atoms with Crippen LogP contribution in [0.5, 0.6) is 11.5 Å². The molecule has 0 saturated heterocycles. The summed E-state index contributed by atoms with van der Waals surface area (Å²) in [5.41, 5.74) is 2.92. The molecule has 0 atom stereocenters. The number of guanidine groups is 1. The van der Waals surface area contributed by atoms with Crippen LogP contribution in [-0.4, -0.2) is 42.0 Å². The number of aromatic nitrogens is 2. The van der Waals surface area contributed by atoms with Crippen molar-refractivity contribution >= 4 is 11.6 Å². The fraction of sp³-hybridized carbons (Fsp3) is 0.333. The molecule has 0 spiro atoms. The van der Waals surface area contributed by atoms with Gasteiger partial charge in [0.1, 0.15) is 5.82 Å². The van der Waals surface area contributed by atoms with E-state index >= 15 is 0 Å². The molecule has 2 aromatic carbocycles. The zero-order chi connectivity index (χ0) is 22.2. The average Bonchev–Trinajstić information content (AvgIpc) is 3.05. The summed E-state index contributed by atoms with van der Waals surface area (Å²) >= 11 is 0. The Morgan fingerprint density at radius 2 is 1.97 bits per heavy atom. The molecule has 168 valence electrons. The number of benzene rings is 2. The summed E-state index contributed by atoms with van der Waals surface area (Å²) in [7, 11) is 1.90. The van der Waals surface area contributed by atoms with Crippen molar-refractivity contribution in [2.24, 2.45) is 12.0 Å². The van der Waals surface area contributed by atoms with Crippen LogP contribution in [0, 0.1) is 5.82 Å². The van der Waals surface area contributed by atoms with Gasteiger partial charge in [0, 0.05) is 44.5 Å². The van der Waals surface area contributed by atoms with Gasteiger partial charge in [-0.1, -0.05) is 12.1 Å². The molecule has 3 aromatic rings. The van der Waals surface area contributed by atoms with Crippen molar-refractivity contribution in [3.8, 4) is 11.5 Å². The van der Waals surface area contributed by atoms with E-state index in [9.17, 15) is 4.39 Å². The number of hydrogen-bond donors (Lipinski definition) is 2. The standard InChI is InChI=1S/C24H28FN5O2/c1-30-17-19(16-28-30)9-11-27-24(26-10-8-18-4-2-5-20(25)14-18)29-21-6-7-22-23(15-21)32-13-3-12-31-22/h2,4-7,14-17H,3,8-13H2,1H3,(H2,26,27,29). The number of ether oxygens (including phenoxy) is 2. The number of hydrogen-bond acceptors (Lipinski definition) is 4. The first-order chi connectivity index (χ1) is 15.7. The van der Waals surface area contributed by atoms with Gasteiger partial charge < -0.3 is 20.1 Å². The van der Waals surface area contributed by atoms with Crippen LogP contribution in [0.15, 0.2) is 59.9 Å². The third-order valence-electron chi connectivity index (χ3n) is 5.03. The van der Waals surface area contributed by atoms with Crippen LogP contribution in [0.1, 0.15) is 17.5 Å². The molecular formula is C24H28FN5O2. The second-order valence-electron chi connectivity index (χ2n) is 7.65. The topological polar surface area (TPSA) is 72.7 Å². The van der Waals surface area contributed by atoms with E-state index in [0.29, 0.717) is 38.7 Å². The lowest BCUT2D eigenvalue weighted by atomic mass is 10.1. The van der Waals surface area contributed by atoms with E-state index in [1.54, 1.807) is 16.8 Å². The van der Waals surface area contributed by atoms with Gasteiger partial charge in [-0.3, -0.25) is 9.67 Å². The van der Waals surface area contributed by atoms with Gasteiger partial charge in [0.25, 0.3) is 0 Å². The Labute approximate surface area is 187 Å². The highest BCUT2D eigenvalue weighted by Crippen LogP contribution is 2.32. The summed E-state index contributed by atoms with van der Waals surface area (Å²) in [6.07, 6.45) is 6.19. The Balaban J connectivity index is 1.42. The van der Waals surface area contributed by atoms with E-state index in [0.717, 1.165) is 41.2 Å². The number of rotatable bonds is 7. The third-order valence-corrected chi connectivity index (χ3v) is 5.03. The number of nitrogens with zero attached hydrogens (tertiary/aromatic N) is 3. The van der Waals surface area contributed by atoms with Crippen molar-refractivity contribution in [1.82, 2.24) is 15.1 Å². The van der Waals surface area contributed by atoms with Crippen LogP contribution >= 0.6 is 0 Å². The maximum atomic E-state index is 13.4. The van der Waals surface area contributed by atoms with E-state index in [1.807, 2.05) is 43.7 Å².